The predicted octanol–water partition coefficient (Wildman–Crippen LogP) is -0.757. The van der Waals surface area contributed by atoms with E-state index in [1.807, 2.05) is 0 Å². The van der Waals surface area contributed by atoms with E-state index in [2.05, 4.69) is 0 Å². The van der Waals surface area contributed by atoms with Crippen LogP contribution in [-0.4, -0.2) is 69.9 Å². The number of rotatable bonds is 7. The van der Waals surface area contributed by atoms with Crippen LogP contribution in [0.5, 0.6) is 0 Å². The molecule has 8 nitrogen and oxygen atoms in total. The van der Waals surface area contributed by atoms with Gasteiger partial charge in [0, 0.05) is 39.5 Å². The minimum atomic E-state index is -1.00. The Kier molecular flexibility index (Phi) is 5.48. The maximum absolute atomic E-state index is 11.6. The van der Waals surface area contributed by atoms with E-state index >= 15 is 0 Å². The molecule has 1 heterocycles. The molecule has 0 radical (unpaired) electrons. The molecule has 0 aromatic heterocycles. The number of aliphatic carboxylic acids is 2. The zero-order valence-corrected chi connectivity index (χ0v) is 11.2. The van der Waals surface area contributed by atoms with Gasteiger partial charge in [-0.3, -0.25) is 19.2 Å². The second-order valence-electron chi connectivity index (χ2n) is 4.73. The zero-order valence-electron chi connectivity index (χ0n) is 11.2. The molecule has 0 aromatic carbocycles. The van der Waals surface area contributed by atoms with Gasteiger partial charge in [-0.1, -0.05) is 0 Å². The van der Waals surface area contributed by atoms with E-state index in [4.69, 9.17) is 10.2 Å². The highest BCUT2D eigenvalue weighted by Gasteiger charge is 2.34. The number of carboxylic acid groups (broad SMARTS) is 2. The van der Waals surface area contributed by atoms with E-state index < -0.39 is 17.9 Å². The second-order valence-corrected chi connectivity index (χ2v) is 4.73. The molecule has 0 spiro atoms. The number of carboxylic acids is 2. The van der Waals surface area contributed by atoms with Crippen LogP contribution in [0.4, 0.5) is 0 Å². The van der Waals surface area contributed by atoms with Gasteiger partial charge in [0.1, 0.15) is 0 Å². The third kappa shape index (κ3) is 4.52. The van der Waals surface area contributed by atoms with Gasteiger partial charge in [0.25, 0.3) is 0 Å². The minimum absolute atomic E-state index is 0.0233. The van der Waals surface area contributed by atoms with Crippen molar-refractivity contribution in [2.75, 3.05) is 26.2 Å². The van der Waals surface area contributed by atoms with Gasteiger partial charge in [-0.05, 0) is 0 Å². The van der Waals surface area contributed by atoms with Gasteiger partial charge >= 0.3 is 11.9 Å². The Morgan fingerprint density at radius 3 is 2.40 bits per heavy atom. The van der Waals surface area contributed by atoms with E-state index in [-0.39, 0.29) is 50.8 Å². The van der Waals surface area contributed by atoms with E-state index in [1.165, 1.54) is 16.7 Å². The average Bonchev–Trinajstić information content (AvgIpc) is 2.70. The van der Waals surface area contributed by atoms with Gasteiger partial charge in [-0.15, -0.1) is 0 Å². The molecule has 20 heavy (non-hydrogen) atoms. The zero-order chi connectivity index (χ0) is 15.3. The van der Waals surface area contributed by atoms with Crippen LogP contribution in [0, 0.1) is 5.92 Å². The maximum atomic E-state index is 11.6. The van der Waals surface area contributed by atoms with E-state index in [1.54, 1.807) is 0 Å². The summed E-state index contributed by atoms with van der Waals surface area (Å²) in [6.45, 7) is 1.98. The molecule has 0 aliphatic carbocycles. The van der Waals surface area contributed by atoms with Gasteiger partial charge < -0.3 is 20.0 Å². The van der Waals surface area contributed by atoms with E-state index in [9.17, 15) is 19.2 Å². The Morgan fingerprint density at radius 1 is 1.30 bits per heavy atom. The quantitative estimate of drug-likeness (QED) is 0.636. The minimum Gasteiger partial charge on any atom is -0.481 e. The molecule has 2 amide bonds. The van der Waals surface area contributed by atoms with Gasteiger partial charge in [0.05, 0.1) is 12.3 Å². The molecule has 0 bridgehead atoms. The van der Waals surface area contributed by atoms with Crippen molar-refractivity contribution >= 4 is 23.8 Å². The summed E-state index contributed by atoms with van der Waals surface area (Å²) in [6.07, 6.45) is -0.185. The van der Waals surface area contributed by atoms with Crippen LogP contribution >= 0.6 is 0 Å². The molecule has 1 fully saturated rings. The van der Waals surface area contributed by atoms with Crippen molar-refractivity contribution in [2.45, 2.75) is 19.8 Å². The van der Waals surface area contributed by atoms with Gasteiger partial charge in [-0.25, -0.2) is 0 Å². The van der Waals surface area contributed by atoms with Crippen molar-refractivity contribution in [3.05, 3.63) is 0 Å². The topological polar surface area (TPSA) is 115 Å². The standard InChI is InChI=1S/C12H18N2O6/c1-8(15)13(3-2-11(17)18)4-5-14-7-9(12(19)20)6-10(14)16/h9H,2-7H2,1H3,(H,17,18)(H,19,20). The van der Waals surface area contributed by atoms with Crippen molar-refractivity contribution in [3.63, 3.8) is 0 Å². The molecule has 1 aliphatic rings. The van der Waals surface area contributed by atoms with Gasteiger partial charge in [0.2, 0.25) is 11.8 Å². The Balaban J connectivity index is 2.47. The fraction of sp³-hybridized carbons (Fsp3) is 0.667. The first-order chi connectivity index (χ1) is 9.31. The van der Waals surface area contributed by atoms with Crippen LogP contribution in [0.3, 0.4) is 0 Å². The molecule has 1 saturated heterocycles. The van der Waals surface area contributed by atoms with Crippen LogP contribution < -0.4 is 0 Å². The molecule has 0 saturated carbocycles. The Morgan fingerprint density at radius 2 is 1.95 bits per heavy atom. The highest BCUT2D eigenvalue weighted by atomic mass is 16.4. The lowest BCUT2D eigenvalue weighted by Crippen LogP contribution is -2.39. The molecule has 8 heteroatoms. The van der Waals surface area contributed by atoms with Crippen LogP contribution in [0.2, 0.25) is 0 Å². The van der Waals surface area contributed by atoms with Crippen molar-refractivity contribution in [2.24, 2.45) is 5.92 Å². The molecule has 2 N–H and O–H groups in total. The molecule has 112 valence electrons. The van der Waals surface area contributed by atoms with Gasteiger partial charge in [-0.2, -0.15) is 0 Å². The number of hydrogen-bond donors (Lipinski definition) is 2. The van der Waals surface area contributed by atoms with Crippen molar-refractivity contribution < 1.29 is 29.4 Å². The number of hydrogen-bond acceptors (Lipinski definition) is 4. The molecule has 0 aromatic rings. The Hall–Kier alpha value is -2.12. The SMILES string of the molecule is CC(=O)N(CCC(=O)O)CCN1CC(C(=O)O)CC1=O. The summed E-state index contributed by atoms with van der Waals surface area (Å²) in [5.74, 6) is -3.23. The van der Waals surface area contributed by atoms with E-state index in [0.29, 0.717) is 0 Å². The highest BCUT2D eigenvalue weighted by Crippen LogP contribution is 2.17. The summed E-state index contributed by atoms with van der Waals surface area (Å²) in [7, 11) is 0. The molecule has 1 atom stereocenters. The Labute approximate surface area is 116 Å². The Bertz CT molecular complexity index is 420. The number of nitrogens with zero attached hydrogens (tertiary/aromatic N) is 2. The lowest BCUT2D eigenvalue weighted by molar-refractivity contribution is -0.142. The van der Waals surface area contributed by atoms with Gasteiger partial charge in [0.15, 0.2) is 0 Å². The molecule has 1 unspecified atom stereocenters. The molecule has 1 aliphatic heterocycles. The number of amides is 2. The van der Waals surface area contributed by atoms with E-state index in [0.717, 1.165) is 0 Å². The molecular weight excluding hydrogens is 268 g/mol. The second kappa shape index (κ2) is 6.88. The summed E-state index contributed by atoms with van der Waals surface area (Å²) >= 11 is 0. The lowest BCUT2D eigenvalue weighted by atomic mass is 10.1. The number of carbonyl (C=O) groups excluding carboxylic acids is 2. The van der Waals surface area contributed by atoms with Crippen molar-refractivity contribution in [3.8, 4) is 0 Å². The largest absolute Gasteiger partial charge is 0.481 e. The fourth-order valence-electron chi connectivity index (χ4n) is 2.05. The van der Waals surface area contributed by atoms with Crippen LogP contribution in [0.15, 0.2) is 0 Å². The fourth-order valence-corrected chi connectivity index (χ4v) is 2.05. The predicted molar refractivity (Wildman–Crippen MR) is 66.8 cm³/mol. The summed E-state index contributed by atoms with van der Waals surface area (Å²) in [5, 5.41) is 17.4. The highest BCUT2D eigenvalue weighted by molar-refractivity contribution is 5.86. The van der Waals surface area contributed by atoms with Crippen LogP contribution in [0.1, 0.15) is 19.8 Å². The third-order valence-corrected chi connectivity index (χ3v) is 3.24. The molecule has 1 rings (SSSR count). The first kappa shape index (κ1) is 15.9. The summed E-state index contributed by atoms with van der Waals surface area (Å²) in [5.41, 5.74) is 0. The average molecular weight is 286 g/mol. The number of likely N-dealkylation sites (tertiary alicyclic amines) is 1. The third-order valence-electron chi connectivity index (χ3n) is 3.24. The lowest BCUT2D eigenvalue weighted by Gasteiger charge is -2.24. The monoisotopic (exact) mass is 286 g/mol. The first-order valence-corrected chi connectivity index (χ1v) is 6.29. The summed E-state index contributed by atoms with van der Waals surface area (Å²) in [4.78, 5) is 47.0. The van der Waals surface area contributed by atoms with Crippen LogP contribution in [-0.2, 0) is 19.2 Å². The van der Waals surface area contributed by atoms with Crippen LogP contribution in [0.25, 0.3) is 0 Å². The first-order valence-electron chi connectivity index (χ1n) is 6.29. The molecular formula is C12H18N2O6. The van der Waals surface area contributed by atoms with Crippen molar-refractivity contribution in [1.82, 2.24) is 9.80 Å². The number of carbonyl (C=O) groups is 4. The maximum Gasteiger partial charge on any atom is 0.308 e. The normalized spacial score (nSPS) is 18.1. The summed E-state index contributed by atoms with van der Waals surface area (Å²) < 4.78 is 0. The van der Waals surface area contributed by atoms with Crippen molar-refractivity contribution in [1.29, 1.82) is 0 Å². The summed E-state index contributed by atoms with van der Waals surface area (Å²) in [6, 6.07) is 0. The smallest absolute Gasteiger partial charge is 0.308 e.